The van der Waals surface area contributed by atoms with Crippen LogP contribution in [-0.4, -0.2) is 12.0 Å². The van der Waals surface area contributed by atoms with Crippen molar-refractivity contribution in [1.82, 2.24) is 5.32 Å². The Balaban J connectivity index is 2.04. The van der Waals surface area contributed by atoms with Gasteiger partial charge in [0.1, 0.15) is 5.75 Å². The van der Waals surface area contributed by atoms with Gasteiger partial charge in [0.2, 0.25) is 0 Å². The molecule has 0 aliphatic carbocycles. The monoisotopic (exact) mass is 325 g/mol. The van der Waals surface area contributed by atoms with Crippen molar-refractivity contribution in [3.8, 4) is 5.75 Å². The van der Waals surface area contributed by atoms with Gasteiger partial charge >= 0.3 is 0 Å². The van der Waals surface area contributed by atoms with Crippen molar-refractivity contribution in [2.75, 3.05) is 0 Å². The predicted molar refractivity (Wildman–Crippen MR) is 98.5 cm³/mol. The first-order chi connectivity index (χ1) is 11.3. The van der Waals surface area contributed by atoms with Gasteiger partial charge in [-0.1, -0.05) is 35.9 Å². The van der Waals surface area contributed by atoms with Gasteiger partial charge in [-0.3, -0.25) is 4.79 Å². The molecule has 2 aromatic rings. The number of carbonyl (C=O) groups excluding carboxylic acids is 1. The summed E-state index contributed by atoms with van der Waals surface area (Å²) in [5.41, 5.74) is 5.77. The molecule has 3 heteroatoms. The fourth-order valence-electron chi connectivity index (χ4n) is 2.82. The van der Waals surface area contributed by atoms with E-state index in [1.54, 1.807) is 6.92 Å². The van der Waals surface area contributed by atoms with Crippen LogP contribution in [-0.2, 0) is 4.79 Å². The summed E-state index contributed by atoms with van der Waals surface area (Å²) in [4.78, 5) is 12.5. The van der Waals surface area contributed by atoms with Crippen molar-refractivity contribution in [1.29, 1.82) is 0 Å². The molecule has 2 atom stereocenters. The van der Waals surface area contributed by atoms with Gasteiger partial charge in [-0.15, -0.1) is 0 Å². The van der Waals surface area contributed by atoms with E-state index < -0.39 is 6.10 Å². The standard InChI is InChI=1S/C21H27NO2/c1-13-10-11-19(15(3)12-13)17(5)22-21(23)18(6)24-20-9-7-8-14(2)16(20)4/h7-12,17-18H,1-6H3,(H,22,23)/t17-,18-/m1/s1. The van der Waals surface area contributed by atoms with Crippen molar-refractivity contribution in [2.24, 2.45) is 0 Å². The summed E-state index contributed by atoms with van der Waals surface area (Å²) in [5.74, 6) is 0.653. The van der Waals surface area contributed by atoms with Gasteiger partial charge < -0.3 is 10.1 Å². The summed E-state index contributed by atoms with van der Waals surface area (Å²) < 4.78 is 5.86. The molecule has 3 nitrogen and oxygen atoms in total. The molecule has 0 unspecified atom stereocenters. The van der Waals surface area contributed by atoms with Gasteiger partial charge in [0, 0.05) is 0 Å². The molecule has 0 aliphatic heterocycles. The van der Waals surface area contributed by atoms with E-state index in [1.165, 1.54) is 11.1 Å². The number of carbonyl (C=O) groups is 1. The fourth-order valence-corrected chi connectivity index (χ4v) is 2.82. The molecule has 1 amide bonds. The Morgan fingerprint density at radius 1 is 1.00 bits per heavy atom. The maximum atomic E-state index is 12.5. The zero-order valence-electron chi connectivity index (χ0n) is 15.4. The number of benzene rings is 2. The number of rotatable bonds is 5. The van der Waals surface area contributed by atoms with E-state index in [-0.39, 0.29) is 11.9 Å². The fraction of sp³-hybridized carbons (Fsp3) is 0.381. The number of amides is 1. The highest BCUT2D eigenvalue weighted by Gasteiger charge is 2.19. The topological polar surface area (TPSA) is 38.3 Å². The van der Waals surface area contributed by atoms with E-state index in [0.29, 0.717) is 0 Å². The van der Waals surface area contributed by atoms with Crippen LogP contribution in [0.4, 0.5) is 0 Å². The summed E-state index contributed by atoms with van der Waals surface area (Å²) >= 11 is 0. The lowest BCUT2D eigenvalue weighted by Crippen LogP contribution is -2.38. The van der Waals surface area contributed by atoms with E-state index in [1.807, 2.05) is 39.0 Å². The number of nitrogens with one attached hydrogen (secondary N) is 1. The molecule has 0 saturated carbocycles. The summed E-state index contributed by atoms with van der Waals surface area (Å²) in [6.45, 7) is 12.0. The molecule has 2 rings (SSSR count). The average molecular weight is 325 g/mol. The molecule has 0 aliphatic rings. The van der Waals surface area contributed by atoms with Crippen LogP contribution in [0.25, 0.3) is 0 Å². The molecule has 0 radical (unpaired) electrons. The van der Waals surface area contributed by atoms with Gasteiger partial charge in [0.15, 0.2) is 6.10 Å². The molecule has 0 aromatic heterocycles. The number of hydrogen-bond acceptors (Lipinski definition) is 2. The lowest BCUT2D eigenvalue weighted by molar-refractivity contribution is -0.127. The largest absolute Gasteiger partial charge is 0.481 e. The van der Waals surface area contributed by atoms with Gasteiger partial charge in [-0.25, -0.2) is 0 Å². The molecule has 0 spiro atoms. The van der Waals surface area contributed by atoms with Crippen molar-refractivity contribution < 1.29 is 9.53 Å². The minimum Gasteiger partial charge on any atom is -0.481 e. The molecule has 0 bridgehead atoms. The van der Waals surface area contributed by atoms with Crippen LogP contribution >= 0.6 is 0 Å². The number of hydrogen-bond donors (Lipinski definition) is 1. The third-order valence-corrected chi connectivity index (χ3v) is 4.48. The normalized spacial score (nSPS) is 13.2. The van der Waals surface area contributed by atoms with Crippen LogP contribution in [0, 0.1) is 27.7 Å². The second kappa shape index (κ2) is 7.52. The molecule has 0 saturated heterocycles. The van der Waals surface area contributed by atoms with Crippen LogP contribution in [0.3, 0.4) is 0 Å². The van der Waals surface area contributed by atoms with Crippen molar-refractivity contribution in [3.63, 3.8) is 0 Å². The summed E-state index contributed by atoms with van der Waals surface area (Å²) in [5, 5.41) is 3.05. The molecule has 1 N–H and O–H groups in total. The van der Waals surface area contributed by atoms with Crippen LogP contribution in [0.2, 0.25) is 0 Å². The van der Waals surface area contributed by atoms with Crippen LogP contribution in [0.15, 0.2) is 36.4 Å². The third-order valence-electron chi connectivity index (χ3n) is 4.48. The van der Waals surface area contributed by atoms with Crippen molar-refractivity contribution >= 4 is 5.91 Å². The maximum Gasteiger partial charge on any atom is 0.261 e. The van der Waals surface area contributed by atoms with E-state index in [2.05, 4.69) is 37.4 Å². The quantitative estimate of drug-likeness (QED) is 0.875. The van der Waals surface area contributed by atoms with Crippen LogP contribution in [0.5, 0.6) is 5.75 Å². The average Bonchev–Trinajstić information content (AvgIpc) is 2.51. The van der Waals surface area contributed by atoms with Crippen molar-refractivity contribution in [2.45, 2.75) is 53.7 Å². The van der Waals surface area contributed by atoms with Gasteiger partial charge in [-0.2, -0.15) is 0 Å². The first kappa shape index (κ1) is 18.1. The SMILES string of the molecule is Cc1ccc([C@@H](C)NC(=O)[C@@H](C)Oc2cccc(C)c2C)c(C)c1. The number of ether oxygens (including phenoxy) is 1. The van der Waals surface area contributed by atoms with Gasteiger partial charge in [0.25, 0.3) is 5.91 Å². The van der Waals surface area contributed by atoms with Gasteiger partial charge in [-0.05, 0) is 69.9 Å². The van der Waals surface area contributed by atoms with Crippen molar-refractivity contribution in [3.05, 3.63) is 64.2 Å². The van der Waals surface area contributed by atoms with Crippen LogP contribution < -0.4 is 10.1 Å². The Bertz CT molecular complexity index is 737. The molecule has 0 heterocycles. The summed E-state index contributed by atoms with van der Waals surface area (Å²) in [7, 11) is 0. The summed E-state index contributed by atoms with van der Waals surface area (Å²) in [6.07, 6.45) is -0.543. The predicted octanol–water partition coefficient (Wildman–Crippen LogP) is 4.56. The highest BCUT2D eigenvalue weighted by Crippen LogP contribution is 2.22. The molecule has 0 fully saturated rings. The lowest BCUT2D eigenvalue weighted by atomic mass is 10.00. The zero-order valence-corrected chi connectivity index (χ0v) is 15.4. The molecular formula is C21H27NO2. The smallest absolute Gasteiger partial charge is 0.261 e. The summed E-state index contributed by atoms with van der Waals surface area (Å²) in [6, 6.07) is 12.1. The second-order valence-electron chi connectivity index (χ2n) is 6.55. The molecule has 128 valence electrons. The molecular weight excluding hydrogens is 298 g/mol. The van der Waals surface area contributed by atoms with E-state index in [4.69, 9.17) is 4.74 Å². The Kier molecular flexibility index (Phi) is 5.66. The second-order valence-corrected chi connectivity index (χ2v) is 6.55. The Morgan fingerprint density at radius 3 is 2.38 bits per heavy atom. The minimum atomic E-state index is -0.543. The van der Waals surface area contributed by atoms with Gasteiger partial charge in [0.05, 0.1) is 6.04 Å². The Hall–Kier alpha value is -2.29. The Labute approximate surface area is 145 Å². The molecule has 2 aromatic carbocycles. The lowest BCUT2D eigenvalue weighted by Gasteiger charge is -2.21. The highest BCUT2D eigenvalue weighted by molar-refractivity contribution is 5.81. The first-order valence-electron chi connectivity index (χ1n) is 8.40. The zero-order chi connectivity index (χ0) is 17.9. The minimum absolute atomic E-state index is 0.0530. The Morgan fingerprint density at radius 2 is 1.71 bits per heavy atom. The highest BCUT2D eigenvalue weighted by atomic mass is 16.5. The maximum absolute atomic E-state index is 12.5. The number of aryl methyl sites for hydroxylation is 3. The molecule has 24 heavy (non-hydrogen) atoms. The van der Waals surface area contributed by atoms with E-state index >= 15 is 0 Å². The van der Waals surface area contributed by atoms with E-state index in [9.17, 15) is 4.79 Å². The van der Waals surface area contributed by atoms with E-state index in [0.717, 1.165) is 22.4 Å². The van der Waals surface area contributed by atoms with Crippen LogP contribution in [0.1, 0.15) is 47.7 Å². The first-order valence-corrected chi connectivity index (χ1v) is 8.40. The third kappa shape index (κ3) is 4.16.